The Kier molecular flexibility index (Phi) is 4.09. The summed E-state index contributed by atoms with van der Waals surface area (Å²) in [4.78, 5) is 18.9. The van der Waals surface area contributed by atoms with Gasteiger partial charge in [0.2, 0.25) is 5.88 Å². The van der Waals surface area contributed by atoms with E-state index in [1.807, 2.05) is 6.92 Å². The molecular weight excluding hydrogens is 275 g/mol. The van der Waals surface area contributed by atoms with Crippen LogP contribution in [-0.2, 0) is 10.3 Å². The van der Waals surface area contributed by atoms with Crippen LogP contribution in [0.4, 0.5) is 4.39 Å². The molecule has 0 radical (unpaired) electrons. The van der Waals surface area contributed by atoms with Crippen LogP contribution in [0.5, 0.6) is 5.88 Å². The number of methoxy groups -OCH3 is 1. The third-order valence-electron chi connectivity index (χ3n) is 3.66. The second kappa shape index (κ2) is 5.65. The summed E-state index contributed by atoms with van der Waals surface area (Å²) >= 11 is 0. The van der Waals surface area contributed by atoms with Gasteiger partial charge in [-0.15, -0.1) is 0 Å². The maximum Gasteiger partial charge on any atom is 0.262 e. The number of aromatic hydroxyl groups is 1. The van der Waals surface area contributed by atoms with Crippen molar-refractivity contribution >= 4 is 0 Å². The van der Waals surface area contributed by atoms with Gasteiger partial charge in [-0.1, -0.05) is 19.1 Å². The number of hydrogen-bond donors (Lipinski definition) is 2. The van der Waals surface area contributed by atoms with Crippen molar-refractivity contribution in [1.82, 2.24) is 9.97 Å². The number of halogens is 1. The number of aromatic amines is 1. The molecular formula is C15H17FN2O3. The van der Waals surface area contributed by atoms with Crippen LogP contribution in [0.3, 0.4) is 0 Å². The van der Waals surface area contributed by atoms with E-state index >= 15 is 0 Å². The Morgan fingerprint density at radius 1 is 1.38 bits per heavy atom. The zero-order chi connectivity index (χ0) is 15.6. The monoisotopic (exact) mass is 292 g/mol. The lowest BCUT2D eigenvalue weighted by atomic mass is 10.0. The van der Waals surface area contributed by atoms with E-state index < -0.39 is 22.9 Å². The number of nitrogens with one attached hydrogen (secondary N) is 1. The largest absolute Gasteiger partial charge is 0.493 e. The zero-order valence-electron chi connectivity index (χ0n) is 12.1. The fraction of sp³-hybridized carbons (Fsp3) is 0.333. The molecule has 1 unspecified atom stereocenters. The standard InChI is InChI=1S/C15H17FN2O3/c1-4-15(2,21-3)14-17-12(19)11(13(20)18-14)9-5-7-10(16)8-6-9/h5-8H,4H2,1-3H3,(H2,17,18,19,20). The summed E-state index contributed by atoms with van der Waals surface area (Å²) in [7, 11) is 1.51. The Bertz CT molecular complexity index is 691. The predicted octanol–water partition coefficient (Wildman–Crippen LogP) is 2.55. The second-order valence-electron chi connectivity index (χ2n) is 4.91. The molecule has 0 aliphatic rings. The van der Waals surface area contributed by atoms with Crippen molar-refractivity contribution in [3.8, 4) is 17.0 Å². The molecule has 2 N–H and O–H groups in total. The van der Waals surface area contributed by atoms with Crippen LogP contribution in [0.2, 0.25) is 0 Å². The number of ether oxygens (including phenoxy) is 1. The van der Waals surface area contributed by atoms with Crippen molar-refractivity contribution in [1.29, 1.82) is 0 Å². The quantitative estimate of drug-likeness (QED) is 0.908. The summed E-state index contributed by atoms with van der Waals surface area (Å²) in [6.07, 6.45) is 0.571. The van der Waals surface area contributed by atoms with Gasteiger partial charge in [0.25, 0.3) is 5.56 Å². The Labute approximate surface area is 121 Å². The van der Waals surface area contributed by atoms with Gasteiger partial charge in [-0.2, -0.15) is 4.98 Å². The lowest BCUT2D eigenvalue weighted by Crippen LogP contribution is -2.29. The first kappa shape index (κ1) is 15.2. The highest BCUT2D eigenvalue weighted by Crippen LogP contribution is 2.29. The lowest BCUT2D eigenvalue weighted by Gasteiger charge is -2.25. The van der Waals surface area contributed by atoms with E-state index in [9.17, 15) is 14.3 Å². The summed E-state index contributed by atoms with van der Waals surface area (Å²) < 4.78 is 18.3. The van der Waals surface area contributed by atoms with Gasteiger partial charge in [-0.3, -0.25) is 4.79 Å². The molecule has 112 valence electrons. The van der Waals surface area contributed by atoms with Gasteiger partial charge in [0.1, 0.15) is 22.8 Å². The van der Waals surface area contributed by atoms with Crippen molar-refractivity contribution in [2.24, 2.45) is 0 Å². The minimum absolute atomic E-state index is 0.00769. The van der Waals surface area contributed by atoms with E-state index in [1.54, 1.807) is 6.92 Å². The Morgan fingerprint density at radius 2 is 2.00 bits per heavy atom. The average Bonchev–Trinajstić information content (AvgIpc) is 2.47. The molecule has 1 atom stereocenters. The van der Waals surface area contributed by atoms with Crippen LogP contribution in [0.1, 0.15) is 26.1 Å². The molecule has 1 heterocycles. The molecule has 0 spiro atoms. The third kappa shape index (κ3) is 2.80. The van der Waals surface area contributed by atoms with Crippen molar-refractivity contribution in [2.45, 2.75) is 25.9 Å². The Morgan fingerprint density at radius 3 is 2.48 bits per heavy atom. The van der Waals surface area contributed by atoms with Crippen molar-refractivity contribution in [3.63, 3.8) is 0 Å². The molecule has 2 aromatic rings. The van der Waals surface area contributed by atoms with Gasteiger partial charge in [0.05, 0.1) is 0 Å². The molecule has 1 aromatic carbocycles. The molecule has 0 saturated carbocycles. The molecule has 0 amide bonds. The minimum atomic E-state index is -0.794. The Hall–Kier alpha value is -2.21. The zero-order valence-corrected chi connectivity index (χ0v) is 12.1. The molecule has 1 aromatic heterocycles. The maximum absolute atomic E-state index is 12.9. The van der Waals surface area contributed by atoms with Gasteiger partial charge in [0, 0.05) is 7.11 Å². The first-order valence-electron chi connectivity index (χ1n) is 6.56. The molecule has 0 saturated heterocycles. The van der Waals surface area contributed by atoms with E-state index in [0.717, 1.165) is 0 Å². The van der Waals surface area contributed by atoms with Gasteiger partial charge < -0.3 is 14.8 Å². The summed E-state index contributed by atoms with van der Waals surface area (Å²) in [6.45, 7) is 3.65. The van der Waals surface area contributed by atoms with E-state index in [0.29, 0.717) is 12.0 Å². The van der Waals surface area contributed by atoms with Gasteiger partial charge in [-0.25, -0.2) is 4.39 Å². The van der Waals surface area contributed by atoms with Gasteiger partial charge >= 0.3 is 0 Å². The third-order valence-corrected chi connectivity index (χ3v) is 3.66. The Balaban J connectivity index is 2.57. The van der Waals surface area contributed by atoms with E-state index in [4.69, 9.17) is 4.74 Å². The molecule has 0 fully saturated rings. The fourth-order valence-electron chi connectivity index (χ4n) is 2.00. The number of nitrogens with zero attached hydrogens (tertiary/aromatic N) is 1. The molecule has 2 rings (SSSR count). The highest BCUT2D eigenvalue weighted by molar-refractivity contribution is 5.67. The topological polar surface area (TPSA) is 75.2 Å². The van der Waals surface area contributed by atoms with E-state index in [2.05, 4.69) is 9.97 Å². The fourth-order valence-corrected chi connectivity index (χ4v) is 2.00. The molecule has 0 aliphatic carbocycles. The number of rotatable bonds is 4. The number of hydrogen-bond acceptors (Lipinski definition) is 4. The maximum atomic E-state index is 12.9. The first-order valence-corrected chi connectivity index (χ1v) is 6.56. The SMILES string of the molecule is CCC(C)(OC)c1nc(O)c(-c2ccc(F)cc2)c(=O)[nH]1. The minimum Gasteiger partial charge on any atom is -0.493 e. The van der Waals surface area contributed by atoms with Crippen LogP contribution >= 0.6 is 0 Å². The first-order chi connectivity index (χ1) is 9.91. The van der Waals surface area contributed by atoms with Crippen LogP contribution in [-0.4, -0.2) is 22.2 Å². The average molecular weight is 292 g/mol. The smallest absolute Gasteiger partial charge is 0.262 e. The van der Waals surface area contributed by atoms with Crippen LogP contribution in [0.25, 0.3) is 11.1 Å². The van der Waals surface area contributed by atoms with Crippen LogP contribution in [0, 0.1) is 5.82 Å². The van der Waals surface area contributed by atoms with E-state index in [-0.39, 0.29) is 11.4 Å². The normalized spacial score (nSPS) is 13.9. The van der Waals surface area contributed by atoms with E-state index in [1.165, 1.54) is 31.4 Å². The number of H-pyrrole nitrogens is 1. The van der Waals surface area contributed by atoms with Crippen molar-refractivity contribution in [2.75, 3.05) is 7.11 Å². The molecule has 5 nitrogen and oxygen atoms in total. The molecule has 0 aliphatic heterocycles. The van der Waals surface area contributed by atoms with Crippen LogP contribution in [0.15, 0.2) is 29.1 Å². The summed E-state index contributed by atoms with van der Waals surface area (Å²) in [6, 6.07) is 5.26. The van der Waals surface area contributed by atoms with Crippen molar-refractivity contribution < 1.29 is 14.2 Å². The number of aromatic nitrogens is 2. The molecule has 6 heteroatoms. The van der Waals surface area contributed by atoms with Gasteiger partial charge in [-0.05, 0) is 31.0 Å². The predicted molar refractivity (Wildman–Crippen MR) is 76.6 cm³/mol. The summed E-state index contributed by atoms with van der Waals surface area (Å²) in [5, 5.41) is 10.1. The lowest BCUT2D eigenvalue weighted by molar-refractivity contribution is -0.00956. The molecule has 0 bridgehead atoms. The number of benzene rings is 1. The summed E-state index contributed by atoms with van der Waals surface area (Å²) in [5.74, 6) is -0.574. The van der Waals surface area contributed by atoms with Crippen LogP contribution < -0.4 is 5.56 Å². The molecule has 21 heavy (non-hydrogen) atoms. The van der Waals surface area contributed by atoms with Gasteiger partial charge in [0.15, 0.2) is 0 Å². The highest BCUT2D eigenvalue weighted by atomic mass is 19.1. The summed E-state index contributed by atoms with van der Waals surface area (Å²) in [5.41, 5.74) is -0.892. The second-order valence-corrected chi connectivity index (χ2v) is 4.91. The van der Waals surface area contributed by atoms with Crippen molar-refractivity contribution in [3.05, 3.63) is 46.3 Å². The highest BCUT2D eigenvalue weighted by Gasteiger charge is 2.28.